The smallest absolute Gasteiger partial charge is 0.240 e. The normalized spacial score (nSPS) is 19.3. The second kappa shape index (κ2) is 8.79. The minimum Gasteiger partial charge on any atom is -0.349 e. The summed E-state index contributed by atoms with van der Waals surface area (Å²) in [6.07, 6.45) is 0.470. The lowest BCUT2D eigenvalue weighted by Gasteiger charge is -2.18. The van der Waals surface area contributed by atoms with E-state index in [4.69, 9.17) is 0 Å². The number of hydrazine groups is 1. The number of sulfone groups is 1. The molecule has 0 unspecified atom stereocenters. The van der Waals surface area contributed by atoms with Gasteiger partial charge in [0, 0.05) is 13.3 Å². The monoisotopic (exact) mass is 381 g/mol. The number of rotatable bonds is 6. The second-order valence-corrected chi connectivity index (χ2v) is 8.67. The Balaban J connectivity index is 1.82. The lowest BCUT2D eigenvalue weighted by molar-refractivity contribution is -0.130. The van der Waals surface area contributed by atoms with Gasteiger partial charge < -0.3 is 5.32 Å². The summed E-state index contributed by atoms with van der Waals surface area (Å²) in [5, 5.41) is 2.70. The number of hydrogen-bond donors (Lipinski definition) is 3. The minimum atomic E-state index is -3.04. The summed E-state index contributed by atoms with van der Waals surface area (Å²) in [4.78, 5) is 35.3. The first-order valence-corrected chi connectivity index (χ1v) is 10.2. The van der Waals surface area contributed by atoms with Crippen LogP contribution < -0.4 is 16.2 Å². The molecular formula is C17H23N3O5S. The van der Waals surface area contributed by atoms with Crippen LogP contribution in [0.3, 0.4) is 0 Å². The van der Waals surface area contributed by atoms with Crippen molar-refractivity contribution in [1.29, 1.82) is 0 Å². The summed E-state index contributed by atoms with van der Waals surface area (Å²) >= 11 is 0. The third kappa shape index (κ3) is 6.47. The molecule has 1 saturated heterocycles. The molecule has 1 aromatic carbocycles. The van der Waals surface area contributed by atoms with Crippen molar-refractivity contribution in [3.63, 3.8) is 0 Å². The fourth-order valence-corrected chi connectivity index (χ4v) is 4.77. The van der Waals surface area contributed by atoms with Crippen LogP contribution in [0.5, 0.6) is 0 Å². The Kier molecular flexibility index (Phi) is 6.73. The van der Waals surface area contributed by atoms with Gasteiger partial charge >= 0.3 is 0 Å². The summed E-state index contributed by atoms with van der Waals surface area (Å²) < 4.78 is 22.8. The summed E-state index contributed by atoms with van der Waals surface area (Å²) in [5.74, 6) is -1.26. The van der Waals surface area contributed by atoms with Gasteiger partial charge in [0.2, 0.25) is 17.7 Å². The van der Waals surface area contributed by atoms with Crippen LogP contribution in [0.15, 0.2) is 30.3 Å². The first-order valence-electron chi connectivity index (χ1n) is 8.35. The summed E-state index contributed by atoms with van der Waals surface area (Å²) in [5.41, 5.74) is 5.39. The zero-order valence-electron chi connectivity index (χ0n) is 14.5. The van der Waals surface area contributed by atoms with E-state index in [1.807, 2.05) is 6.07 Å². The maximum Gasteiger partial charge on any atom is 0.240 e. The molecule has 142 valence electrons. The van der Waals surface area contributed by atoms with E-state index in [1.165, 1.54) is 6.92 Å². The third-order valence-corrected chi connectivity index (χ3v) is 5.95. The maximum atomic E-state index is 12.1. The van der Waals surface area contributed by atoms with Gasteiger partial charge in [-0.1, -0.05) is 30.3 Å². The van der Waals surface area contributed by atoms with Crippen molar-refractivity contribution in [2.24, 2.45) is 5.92 Å². The number of nitrogens with one attached hydrogen (secondary N) is 3. The molecule has 26 heavy (non-hydrogen) atoms. The Morgan fingerprint density at radius 2 is 1.77 bits per heavy atom. The highest BCUT2D eigenvalue weighted by Gasteiger charge is 2.29. The highest BCUT2D eigenvalue weighted by molar-refractivity contribution is 7.91. The number of amides is 3. The molecule has 0 bridgehead atoms. The van der Waals surface area contributed by atoms with Gasteiger partial charge in [-0.25, -0.2) is 8.42 Å². The molecule has 0 spiro atoms. The van der Waals surface area contributed by atoms with E-state index in [0.717, 1.165) is 5.56 Å². The average molecular weight is 381 g/mol. The van der Waals surface area contributed by atoms with Crippen molar-refractivity contribution in [1.82, 2.24) is 16.2 Å². The summed E-state index contributed by atoms with van der Waals surface area (Å²) in [6.45, 7) is 1.37. The Morgan fingerprint density at radius 1 is 1.12 bits per heavy atom. The van der Waals surface area contributed by atoms with E-state index < -0.39 is 27.7 Å². The lowest BCUT2D eigenvalue weighted by atomic mass is 10.0. The molecule has 3 amide bonds. The van der Waals surface area contributed by atoms with Crippen LogP contribution in [0, 0.1) is 5.92 Å². The average Bonchev–Trinajstić information content (AvgIpc) is 2.91. The molecule has 1 fully saturated rings. The molecule has 3 N–H and O–H groups in total. The number of carbonyl (C=O) groups excluding carboxylic acids is 3. The SMILES string of the molecule is CC(=O)N[C@H](CC(=O)NNC(=O)C[C@@H]1CCS(=O)(=O)C1)c1ccccc1. The highest BCUT2D eigenvalue weighted by Crippen LogP contribution is 2.21. The van der Waals surface area contributed by atoms with Gasteiger partial charge in [-0.3, -0.25) is 25.2 Å². The molecule has 0 aromatic heterocycles. The quantitative estimate of drug-likeness (QED) is 0.609. The Morgan fingerprint density at radius 3 is 2.35 bits per heavy atom. The molecule has 0 saturated carbocycles. The van der Waals surface area contributed by atoms with Crippen LogP contribution in [-0.4, -0.2) is 37.6 Å². The molecular weight excluding hydrogens is 358 g/mol. The molecule has 2 atom stereocenters. The van der Waals surface area contributed by atoms with Crippen molar-refractivity contribution < 1.29 is 22.8 Å². The molecule has 1 aliphatic heterocycles. The maximum absolute atomic E-state index is 12.1. The van der Waals surface area contributed by atoms with Crippen molar-refractivity contribution >= 4 is 27.6 Å². The van der Waals surface area contributed by atoms with Crippen molar-refractivity contribution in [2.45, 2.75) is 32.2 Å². The summed E-state index contributed by atoms with van der Waals surface area (Å²) in [6, 6.07) is 8.53. The molecule has 0 aliphatic carbocycles. The van der Waals surface area contributed by atoms with E-state index in [2.05, 4.69) is 16.2 Å². The van der Waals surface area contributed by atoms with Gasteiger partial charge in [-0.05, 0) is 17.9 Å². The molecule has 0 radical (unpaired) electrons. The Labute approximate surface area is 152 Å². The van der Waals surface area contributed by atoms with Crippen LogP contribution in [-0.2, 0) is 24.2 Å². The van der Waals surface area contributed by atoms with Crippen LogP contribution in [0.1, 0.15) is 37.8 Å². The van der Waals surface area contributed by atoms with Gasteiger partial charge in [0.05, 0.1) is 24.0 Å². The Hall–Kier alpha value is -2.42. The Bertz CT molecular complexity index is 764. The fourth-order valence-electron chi connectivity index (χ4n) is 2.90. The molecule has 9 heteroatoms. The van der Waals surface area contributed by atoms with Crippen LogP contribution >= 0.6 is 0 Å². The molecule has 1 heterocycles. The zero-order chi connectivity index (χ0) is 19.2. The standard InChI is InChI=1S/C17H23N3O5S/c1-12(21)18-15(14-5-3-2-4-6-14)10-17(23)20-19-16(22)9-13-7-8-26(24,25)11-13/h2-6,13,15H,7-11H2,1H3,(H,18,21)(H,19,22)(H,20,23)/t13-,15+/m0/s1. The zero-order valence-corrected chi connectivity index (χ0v) is 15.3. The largest absolute Gasteiger partial charge is 0.349 e. The predicted octanol–water partition coefficient (Wildman–Crippen LogP) is 0.226. The lowest BCUT2D eigenvalue weighted by Crippen LogP contribution is -2.43. The number of carbonyl (C=O) groups is 3. The first-order chi connectivity index (χ1) is 12.2. The second-order valence-electron chi connectivity index (χ2n) is 6.44. The molecule has 1 aromatic rings. The van der Waals surface area contributed by atoms with E-state index in [0.29, 0.717) is 6.42 Å². The molecule has 1 aliphatic rings. The topological polar surface area (TPSA) is 121 Å². The van der Waals surface area contributed by atoms with Gasteiger partial charge in [0.25, 0.3) is 0 Å². The molecule has 8 nitrogen and oxygen atoms in total. The van der Waals surface area contributed by atoms with Crippen LogP contribution in [0.25, 0.3) is 0 Å². The molecule has 2 rings (SSSR count). The van der Waals surface area contributed by atoms with Crippen LogP contribution in [0.2, 0.25) is 0 Å². The van der Waals surface area contributed by atoms with Crippen LogP contribution in [0.4, 0.5) is 0 Å². The van der Waals surface area contributed by atoms with Gasteiger partial charge in [-0.2, -0.15) is 0 Å². The van der Waals surface area contributed by atoms with E-state index >= 15 is 0 Å². The van der Waals surface area contributed by atoms with Crippen molar-refractivity contribution in [3.8, 4) is 0 Å². The van der Waals surface area contributed by atoms with Crippen molar-refractivity contribution in [2.75, 3.05) is 11.5 Å². The number of hydrogen-bond acceptors (Lipinski definition) is 5. The minimum absolute atomic E-state index is 0.00692. The van der Waals surface area contributed by atoms with Gasteiger partial charge in [0.1, 0.15) is 0 Å². The highest BCUT2D eigenvalue weighted by atomic mass is 32.2. The van der Waals surface area contributed by atoms with E-state index in [1.54, 1.807) is 24.3 Å². The fraction of sp³-hybridized carbons (Fsp3) is 0.471. The van der Waals surface area contributed by atoms with Gasteiger partial charge in [-0.15, -0.1) is 0 Å². The third-order valence-electron chi connectivity index (χ3n) is 4.11. The summed E-state index contributed by atoms with van der Waals surface area (Å²) in [7, 11) is -3.04. The van der Waals surface area contributed by atoms with E-state index in [9.17, 15) is 22.8 Å². The van der Waals surface area contributed by atoms with Crippen molar-refractivity contribution in [3.05, 3.63) is 35.9 Å². The first kappa shape index (κ1) is 19.9. The number of benzene rings is 1. The predicted molar refractivity (Wildman–Crippen MR) is 95.3 cm³/mol. The van der Waals surface area contributed by atoms with E-state index in [-0.39, 0.29) is 36.2 Å². The van der Waals surface area contributed by atoms with Gasteiger partial charge in [0.15, 0.2) is 9.84 Å².